The van der Waals surface area contributed by atoms with Crippen molar-refractivity contribution in [3.05, 3.63) is 0 Å². The summed E-state index contributed by atoms with van der Waals surface area (Å²) < 4.78 is 17.1. The average Bonchev–Trinajstić information content (AvgIpc) is 0.918. The summed E-state index contributed by atoms with van der Waals surface area (Å²) in [7, 11) is 0. The molecule has 0 bridgehead atoms. The zero-order chi connectivity index (χ0) is 2.71. The van der Waals surface area contributed by atoms with Crippen molar-refractivity contribution in [1.29, 1.82) is 0 Å². The van der Waals surface area contributed by atoms with Gasteiger partial charge in [0.1, 0.15) is 0 Å². The molecule has 0 rings (SSSR count). The summed E-state index contributed by atoms with van der Waals surface area (Å²) >= 11 is -2.27. The fraction of sp³-hybridized carbons (Fsp3) is 0. The molecule has 0 aromatic rings. The van der Waals surface area contributed by atoms with Crippen molar-refractivity contribution in [2.75, 3.05) is 0 Å². The molecule has 0 atom stereocenters. The summed E-state index contributed by atoms with van der Waals surface area (Å²) in [4.78, 5) is 0. The van der Waals surface area contributed by atoms with Gasteiger partial charge in [0.25, 0.3) is 0 Å². The average molecular weight is 310 g/mol. The first-order valence-electron chi connectivity index (χ1n) is 0.408. The van der Waals surface area contributed by atoms with E-state index in [1.807, 2.05) is 0 Å². The Morgan fingerprint density at radius 2 is 1.20 bits per heavy atom. The van der Waals surface area contributed by atoms with Crippen LogP contribution in [-0.2, 0) is 42.1 Å². The van der Waals surface area contributed by atoms with E-state index in [2.05, 4.69) is 0 Å². The molecular weight excluding hydrogens is 310 g/mol. The summed E-state index contributed by atoms with van der Waals surface area (Å²) in [5.41, 5.74) is 0. The summed E-state index contributed by atoms with van der Waals surface area (Å²) in [5, 5.41) is 0. The number of hydrogen-bond acceptors (Lipinski definition) is 2. The van der Waals surface area contributed by atoms with Crippen LogP contribution in [0.1, 0.15) is 0 Å². The fourth-order valence-electron chi connectivity index (χ4n) is 0. The van der Waals surface area contributed by atoms with Crippen molar-refractivity contribution in [3.8, 4) is 0 Å². The van der Waals surface area contributed by atoms with Crippen LogP contribution in [0.3, 0.4) is 0 Å². The van der Waals surface area contributed by atoms with Gasteiger partial charge in [0.2, 0.25) is 0 Å². The molecule has 0 aliphatic rings. The van der Waals surface area contributed by atoms with Gasteiger partial charge in [0, 0.05) is 36.0 Å². The Morgan fingerprint density at radius 1 is 1.20 bits per heavy atom. The first-order valence-corrected chi connectivity index (χ1v) is 2.74. The third-order valence-electron chi connectivity index (χ3n) is 0. The van der Waals surface area contributed by atoms with E-state index in [-0.39, 0.29) is 36.0 Å². The van der Waals surface area contributed by atoms with Crippen molar-refractivity contribution in [2.45, 2.75) is 0 Å². The molecule has 0 unspecified atom stereocenters. The van der Waals surface area contributed by atoms with Crippen LogP contribution < -0.4 is 0 Å². The van der Waals surface area contributed by atoms with Crippen LogP contribution in [0.5, 0.6) is 0 Å². The molecule has 0 saturated carbocycles. The fourth-order valence-corrected chi connectivity index (χ4v) is 0. The van der Waals surface area contributed by atoms with Gasteiger partial charge >= 0.3 is 27.3 Å². The molecule has 0 aromatic heterocycles. The monoisotopic (exact) mass is 312 g/mol. The molecule has 0 radical (unpaired) electrons. The quantitative estimate of drug-likeness (QED) is 0.559. The van der Waals surface area contributed by atoms with Crippen molar-refractivity contribution in [1.82, 2.24) is 0 Å². The van der Waals surface area contributed by atoms with E-state index < -0.39 is 21.1 Å². The Balaban J connectivity index is -0.0000000200. The van der Waals surface area contributed by atoms with Gasteiger partial charge in [0.15, 0.2) is 0 Å². The van der Waals surface area contributed by atoms with Gasteiger partial charge in [-0.3, -0.25) is 0 Å². The second kappa shape index (κ2) is 17.8. The molecule has 5 heteroatoms. The van der Waals surface area contributed by atoms with Crippen LogP contribution >= 0.6 is 0 Å². The maximum absolute atomic E-state index is 8.54. The first kappa shape index (κ1) is 16.0. The van der Waals surface area contributed by atoms with E-state index in [1.54, 1.807) is 0 Å². The van der Waals surface area contributed by atoms with E-state index in [4.69, 9.17) is 6.15 Å². The van der Waals surface area contributed by atoms with Gasteiger partial charge in [0.05, 0.1) is 0 Å². The molecule has 0 aliphatic carbocycles. The zero-order valence-electron chi connectivity index (χ0n) is 1.99. The maximum atomic E-state index is 8.54. The van der Waals surface area contributed by atoms with Crippen molar-refractivity contribution in [2.24, 2.45) is 0 Å². The van der Waals surface area contributed by atoms with Crippen LogP contribution in [-0.4, -0.2) is 21.1 Å². The molecule has 0 spiro atoms. The van der Waals surface area contributed by atoms with Crippen molar-refractivity contribution < 1.29 is 42.1 Å². The van der Waals surface area contributed by atoms with Crippen LogP contribution in [0, 0.1) is 0 Å². The normalized spacial score (nSPS) is 1.60. The van der Waals surface area contributed by atoms with Crippen molar-refractivity contribution in [3.63, 3.8) is 0 Å². The minimum Gasteiger partial charge on any atom is 0 e. The van der Waals surface area contributed by atoms with Gasteiger partial charge < -0.3 is 0 Å². The summed E-state index contributed by atoms with van der Waals surface area (Å²) in [6.07, 6.45) is 0. The molecule has 0 saturated heterocycles. The van der Waals surface area contributed by atoms with Crippen LogP contribution in [0.4, 0.5) is 0 Å². The van der Waals surface area contributed by atoms with Gasteiger partial charge in [-0.2, -0.15) is 0 Å². The van der Waals surface area contributed by atoms with Crippen molar-refractivity contribution >= 4 is 21.1 Å². The largest absolute Gasteiger partial charge is 0 e. The Morgan fingerprint density at radius 3 is 1.20 bits per heavy atom. The van der Waals surface area contributed by atoms with Gasteiger partial charge in [-0.25, -0.2) is 0 Å². The molecule has 0 aliphatic heterocycles. The molecule has 2 nitrogen and oxygen atoms in total. The molecule has 0 amide bonds. The van der Waals surface area contributed by atoms with E-state index in [1.165, 1.54) is 0 Å². The molecule has 0 heterocycles. The van der Waals surface area contributed by atoms with E-state index in [0.717, 1.165) is 0 Å². The second-order valence-corrected chi connectivity index (χ2v) is 0.559. The summed E-state index contributed by atoms with van der Waals surface area (Å²) in [5.74, 6) is 0. The SMILES string of the molecule is [Ni].[O]=[Sn]=[O].[Ru]. The van der Waals surface area contributed by atoms with Crippen LogP contribution in [0.15, 0.2) is 0 Å². The smallest absolute Gasteiger partial charge is 0 e. The molecule has 5 heavy (non-hydrogen) atoms. The summed E-state index contributed by atoms with van der Waals surface area (Å²) in [6, 6.07) is 0. The summed E-state index contributed by atoms with van der Waals surface area (Å²) in [6.45, 7) is 0. The van der Waals surface area contributed by atoms with E-state index in [0.29, 0.717) is 0 Å². The minimum absolute atomic E-state index is 0. The topological polar surface area (TPSA) is 34.1 Å². The third kappa shape index (κ3) is 29.7. The Labute approximate surface area is 62.7 Å². The molecule has 34 valence electrons. The Hall–Kier alpha value is 1.52. The predicted molar refractivity (Wildman–Crippen MR) is 7.13 cm³/mol. The van der Waals surface area contributed by atoms with E-state index >= 15 is 0 Å². The molecule has 0 aromatic carbocycles. The van der Waals surface area contributed by atoms with Crippen LogP contribution in [0.25, 0.3) is 0 Å². The minimum atomic E-state index is -2.27. The standard InChI is InChI=1S/Ni.2O.Ru.Sn. The van der Waals surface area contributed by atoms with Gasteiger partial charge in [-0.1, -0.05) is 0 Å². The van der Waals surface area contributed by atoms with Gasteiger partial charge in [-0.05, 0) is 0 Å². The molecular formula is NiO2RuSn. The van der Waals surface area contributed by atoms with Crippen LogP contribution in [0.2, 0.25) is 0 Å². The number of rotatable bonds is 0. The molecule has 0 N–H and O–H groups in total. The Kier molecular flexibility index (Phi) is 57.0. The van der Waals surface area contributed by atoms with E-state index in [9.17, 15) is 0 Å². The zero-order valence-corrected chi connectivity index (χ0v) is 7.57. The Bertz CT molecular complexity index is 30.6. The predicted octanol–water partition coefficient (Wildman–Crippen LogP) is -0.623. The number of hydrogen-bond donors (Lipinski definition) is 0. The second-order valence-electron chi connectivity index (χ2n) is 0.0833. The maximum Gasteiger partial charge on any atom is 0 e. The molecule has 0 fully saturated rings. The van der Waals surface area contributed by atoms with Gasteiger partial charge in [-0.15, -0.1) is 0 Å². The third-order valence-corrected chi connectivity index (χ3v) is 0. The first-order chi connectivity index (χ1) is 1.41.